The van der Waals surface area contributed by atoms with Gasteiger partial charge in [0, 0.05) is 0 Å². The number of carbonyl (C=O) groups excluding carboxylic acids is 1. The Morgan fingerprint density at radius 2 is 1.80 bits per heavy atom. The maximum Gasteiger partial charge on any atom is 0.321 e. The monoisotopic (exact) mass is 204 g/mol. The van der Waals surface area contributed by atoms with Crippen LogP contribution in [0.2, 0.25) is 0 Å². The van der Waals surface area contributed by atoms with E-state index in [2.05, 4.69) is 6.58 Å². The van der Waals surface area contributed by atoms with E-state index in [-0.39, 0.29) is 5.97 Å². The first kappa shape index (κ1) is 11.5. The summed E-state index contributed by atoms with van der Waals surface area (Å²) in [6.07, 6.45) is 0. The third-order valence-corrected chi connectivity index (χ3v) is 2.53. The molecule has 0 heterocycles. The predicted octanol–water partition coefficient (Wildman–Crippen LogP) is 3.19. The van der Waals surface area contributed by atoms with Crippen molar-refractivity contribution >= 4 is 5.97 Å². The third-order valence-electron chi connectivity index (χ3n) is 2.53. The molecule has 1 rings (SSSR count). The fourth-order valence-electron chi connectivity index (χ4n) is 0.897. The van der Waals surface area contributed by atoms with Crippen LogP contribution in [0.3, 0.4) is 0 Å². The zero-order valence-electron chi connectivity index (χ0n) is 9.41. The highest BCUT2D eigenvalue weighted by molar-refractivity contribution is 5.81. The largest absolute Gasteiger partial charge is 0.426 e. The first-order chi connectivity index (χ1) is 6.94. The van der Waals surface area contributed by atoms with Gasteiger partial charge in [0.25, 0.3) is 0 Å². The third kappa shape index (κ3) is 2.69. The highest BCUT2D eigenvalue weighted by atomic mass is 16.5. The van der Waals surface area contributed by atoms with Crippen LogP contribution in [0.25, 0.3) is 0 Å². The Hall–Kier alpha value is -1.57. The Balaban J connectivity index is 2.77. The molecule has 15 heavy (non-hydrogen) atoms. The molecule has 0 saturated carbocycles. The van der Waals surface area contributed by atoms with Crippen molar-refractivity contribution in [2.24, 2.45) is 5.41 Å². The molecule has 0 amide bonds. The number of benzene rings is 1. The smallest absolute Gasteiger partial charge is 0.321 e. The number of rotatable bonds is 3. The molecule has 0 radical (unpaired) electrons. The maximum atomic E-state index is 11.8. The Bertz CT molecular complexity index is 363. The van der Waals surface area contributed by atoms with Crippen LogP contribution in [-0.2, 0) is 4.79 Å². The minimum atomic E-state index is -0.643. The van der Waals surface area contributed by atoms with Gasteiger partial charge in [0.2, 0.25) is 0 Å². The number of para-hydroxylation sites is 1. The van der Waals surface area contributed by atoms with Crippen LogP contribution in [0.1, 0.15) is 20.8 Å². The number of hydrogen-bond acceptors (Lipinski definition) is 2. The van der Waals surface area contributed by atoms with Crippen molar-refractivity contribution in [1.82, 2.24) is 0 Å². The molecule has 0 aliphatic rings. The van der Waals surface area contributed by atoms with Gasteiger partial charge in [0.05, 0.1) is 5.41 Å². The van der Waals surface area contributed by atoms with Crippen LogP contribution >= 0.6 is 0 Å². The van der Waals surface area contributed by atoms with E-state index >= 15 is 0 Å². The first-order valence-corrected chi connectivity index (χ1v) is 4.88. The van der Waals surface area contributed by atoms with Crippen LogP contribution < -0.4 is 4.74 Å². The lowest BCUT2D eigenvalue weighted by Gasteiger charge is -2.22. The van der Waals surface area contributed by atoms with Crippen LogP contribution in [-0.4, -0.2) is 5.97 Å². The average Bonchev–Trinajstić information content (AvgIpc) is 2.18. The normalized spacial score (nSPS) is 10.9. The van der Waals surface area contributed by atoms with Crippen LogP contribution in [0.5, 0.6) is 5.75 Å². The summed E-state index contributed by atoms with van der Waals surface area (Å²) in [7, 11) is 0. The zero-order valence-corrected chi connectivity index (χ0v) is 9.41. The molecule has 0 saturated heterocycles. The molecule has 0 aromatic heterocycles. The van der Waals surface area contributed by atoms with Gasteiger partial charge in [-0.2, -0.15) is 0 Å². The molecule has 2 nitrogen and oxygen atoms in total. The Kier molecular flexibility index (Phi) is 3.30. The molecule has 0 N–H and O–H groups in total. The zero-order chi connectivity index (χ0) is 11.5. The van der Waals surface area contributed by atoms with Gasteiger partial charge in [-0.1, -0.05) is 30.4 Å². The molecule has 0 fully saturated rings. The number of carbonyl (C=O) groups is 1. The minimum absolute atomic E-state index is 0.277. The van der Waals surface area contributed by atoms with E-state index in [1.165, 1.54) is 0 Å². The molecule has 0 unspecified atom stereocenters. The summed E-state index contributed by atoms with van der Waals surface area (Å²) in [6, 6.07) is 9.05. The van der Waals surface area contributed by atoms with E-state index in [0.717, 1.165) is 5.57 Å². The summed E-state index contributed by atoms with van der Waals surface area (Å²) >= 11 is 0. The Morgan fingerprint density at radius 1 is 1.27 bits per heavy atom. The molecule has 0 aliphatic heterocycles. The van der Waals surface area contributed by atoms with Crippen molar-refractivity contribution in [1.29, 1.82) is 0 Å². The highest BCUT2D eigenvalue weighted by Gasteiger charge is 2.30. The van der Waals surface area contributed by atoms with E-state index in [1.54, 1.807) is 26.0 Å². The molecule has 80 valence electrons. The van der Waals surface area contributed by atoms with Crippen molar-refractivity contribution in [3.63, 3.8) is 0 Å². The summed E-state index contributed by atoms with van der Waals surface area (Å²) in [5.74, 6) is 0.290. The Morgan fingerprint density at radius 3 is 2.27 bits per heavy atom. The van der Waals surface area contributed by atoms with Crippen molar-refractivity contribution in [2.75, 3.05) is 0 Å². The predicted molar refractivity (Wildman–Crippen MR) is 60.7 cm³/mol. The quantitative estimate of drug-likeness (QED) is 0.429. The standard InChI is InChI=1S/C13H16O2/c1-10(2)13(3,4)12(14)15-11-8-6-5-7-9-11/h5-9H,1H2,2-4H3. The van der Waals surface area contributed by atoms with Gasteiger partial charge in [0.1, 0.15) is 5.75 Å². The molecule has 2 heteroatoms. The van der Waals surface area contributed by atoms with E-state index in [0.29, 0.717) is 5.75 Å². The second-order valence-corrected chi connectivity index (χ2v) is 4.11. The molecule has 1 aromatic rings. The summed E-state index contributed by atoms with van der Waals surface area (Å²) in [4.78, 5) is 11.8. The van der Waals surface area contributed by atoms with Gasteiger partial charge in [-0.05, 0) is 32.9 Å². The van der Waals surface area contributed by atoms with Gasteiger partial charge >= 0.3 is 5.97 Å². The topological polar surface area (TPSA) is 26.3 Å². The molecule has 0 bridgehead atoms. The second-order valence-electron chi connectivity index (χ2n) is 4.11. The lowest BCUT2D eigenvalue weighted by Crippen LogP contribution is -2.29. The second kappa shape index (κ2) is 4.30. The SMILES string of the molecule is C=C(C)C(C)(C)C(=O)Oc1ccccc1. The molecular weight excluding hydrogens is 188 g/mol. The van der Waals surface area contributed by atoms with Gasteiger partial charge in [0.15, 0.2) is 0 Å². The highest BCUT2D eigenvalue weighted by Crippen LogP contribution is 2.26. The molecule has 0 atom stereocenters. The minimum Gasteiger partial charge on any atom is -0.426 e. The van der Waals surface area contributed by atoms with Crippen molar-refractivity contribution in [3.8, 4) is 5.75 Å². The summed E-state index contributed by atoms with van der Waals surface area (Å²) in [5, 5.41) is 0. The molecule has 0 spiro atoms. The van der Waals surface area contributed by atoms with Crippen LogP contribution in [0.15, 0.2) is 42.5 Å². The van der Waals surface area contributed by atoms with E-state index in [1.807, 2.05) is 25.1 Å². The van der Waals surface area contributed by atoms with E-state index < -0.39 is 5.41 Å². The summed E-state index contributed by atoms with van der Waals surface area (Å²) in [6.45, 7) is 9.23. The maximum absolute atomic E-state index is 11.8. The summed E-state index contributed by atoms with van der Waals surface area (Å²) in [5.41, 5.74) is 0.152. The van der Waals surface area contributed by atoms with Gasteiger partial charge in [-0.3, -0.25) is 4.79 Å². The van der Waals surface area contributed by atoms with E-state index in [9.17, 15) is 4.79 Å². The first-order valence-electron chi connectivity index (χ1n) is 4.88. The lowest BCUT2D eigenvalue weighted by atomic mass is 9.86. The van der Waals surface area contributed by atoms with Crippen molar-refractivity contribution in [3.05, 3.63) is 42.5 Å². The average molecular weight is 204 g/mol. The van der Waals surface area contributed by atoms with E-state index in [4.69, 9.17) is 4.74 Å². The summed E-state index contributed by atoms with van der Waals surface area (Å²) < 4.78 is 5.24. The number of hydrogen-bond donors (Lipinski definition) is 0. The fraction of sp³-hybridized carbons (Fsp3) is 0.308. The van der Waals surface area contributed by atoms with Crippen LogP contribution in [0.4, 0.5) is 0 Å². The van der Waals surface area contributed by atoms with Gasteiger partial charge < -0.3 is 4.74 Å². The number of esters is 1. The van der Waals surface area contributed by atoms with Crippen molar-refractivity contribution in [2.45, 2.75) is 20.8 Å². The molecule has 1 aromatic carbocycles. The molecule has 0 aliphatic carbocycles. The fourth-order valence-corrected chi connectivity index (χ4v) is 0.897. The Labute approximate surface area is 90.6 Å². The van der Waals surface area contributed by atoms with Gasteiger partial charge in [-0.15, -0.1) is 0 Å². The number of ether oxygens (including phenoxy) is 1. The van der Waals surface area contributed by atoms with Crippen molar-refractivity contribution < 1.29 is 9.53 Å². The van der Waals surface area contributed by atoms with Gasteiger partial charge in [-0.25, -0.2) is 0 Å². The van der Waals surface area contributed by atoms with Crippen LogP contribution in [0, 0.1) is 5.41 Å². The lowest BCUT2D eigenvalue weighted by molar-refractivity contribution is -0.141. The molecular formula is C13H16O2.